The highest BCUT2D eigenvalue weighted by Gasteiger charge is 2.33. The number of amides is 2. The van der Waals surface area contributed by atoms with Gasteiger partial charge in [-0.3, -0.25) is 14.5 Å². The molecule has 0 aromatic heterocycles. The summed E-state index contributed by atoms with van der Waals surface area (Å²) in [4.78, 5) is 37.1. The fourth-order valence-electron chi connectivity index (χ4n) is 2.48. The number of thiocarbonyl (C=S) groups is 1. The summed E-state index contributed by atoms with van der Waals surface area (Å²) in [6.45, 7) is -0.354. The first kappa shape index (κ1) is 20.5. The number of hydrogen-bond acceptors (Lipinski definition) is 6. The third-order valence-corrected chi connectivity index (χ3v) is 5.23. The molecule has 0 aliphatic carbocycles. The van der Waals surface area contributed by atoms with E-state index in [0.29, 0.717) is 10.5 Å². The van der Waals surface area contributed by atoms with Gasteiger partial charge in [0, 0.05) is 11.8 Å². The first-order valence-electron chi connectivity index (χ1n) is 8.11. The Kier molecular flexibility index (Phi) is 5.95. The Hall–Kier alpha value is -3.24. The predicted molar refractivity (Wildman–Crippen MR) is 110 cm³/mol. The second-order valence-electron chi connectivity index (χ2n) is 5.90. The highest BCUT2D eigenvalue weighted by atomic mass is 32.2. The number of phenols is 1. The van der Waals surface area contributed by atoms with E-state index >= 15 is 0 Å². The molecule has 0 saturated carbocycles. The van der Waals surface area contributed by atoms with Gasteiger partial charge in [-0.1, -0.05) is 36.1 Å². The van der Waals surface area contributed by atoms with E-state index in [0.717, 1.165) is 28.8 Å². The molecule has 148 valence electrons. The van der Waals surface area contributed by atoms with E-state index in [9.17, 15) is 23.9 Å². The zero-order valence-electron chi connectivity index (χ0n) is 14.6. The summed E-state index contributed by atoms with van der Waals surface area (Å²) in [6.07, 6.45) is 1.55. The molecule has 10 heteroatoms. The second kappa shape index (κ2) is 8.41. The topological polar surface area (TPSA) is 107 Å². The number of aromatic carboxylic acids is 1. The molecule has 0 bridgehead atoms. The minimum absolute atomic E-state index is 0.171. The van der Waals surface area contributed by atoms with Gasteiger partial charge >= 0.3 is 5.97 Å². The normalized spacial score (nSPS) is 15.1. The van der Waals surface area contributed by atoms with Crippen LogP contribution in [0, 0.1) is 5.82 Å². The lowest BCUT2D eigenvalue weighted by Gasteiger charge is -2.14. The number of carboxylic acid groups (broad SMARTS) is 1. The summed E-state index contributed by atoms with van der Waals surface area (Å²) in [7, 11) is 0. The lowest BCUT2D eigenvalue weighted by atomic mass is 10.2. The largest absolute Gasteiger partial charge is 0.507 e. The smallest absolute Gasteiger partial charge is 0.339 e. The average molecular weight is 432 g/mol. The zero-order valence-corrected chi connectivity index (χ0v) is 16.2. The van der Waals surface area contributed by atoms with Gasteiger partial charge in [-0.15, -0.1) is 0 Å². The van der Waals surface area contributed by atoms with Gasteiger partial charge < -0.3 is 15.5 Å². The highest BCUT2D eigenvalue weighted by Crippen LogP contribution is 2.32. The van der Waals surface area contributed by atoms with E-state index in [1.54, 1.807) is 6.08 Å². The number of carboxylic acids is 1. The Morgan fingerprint density at radius 1 is 1.21 bits per heavy atom. The van der Waals surface area contributed by atoms with Gasteiger partial charge in [0.2, 0.25) is 5.91 Å². The van der Waals surface area contributed by atoms with Crippen molar-refractivity contribution in [3.63, 3.8) is 0 Å². The van der Waals surface area contributed by atoms with Crippen molar-refractivity contribution in [1.82, 2.24) is 4.90 Å². The van der Waals surface area contributed by atoms with Crippen LogP contribution in [0.25, 0.3) is 6.08 Å². The lowest BCUT2D eigenvalue weighted by molar-refractivity contribution is -0.126. The number of anilines is 1. The fraction of sp³-hybridized carbons (Fsp3) is 0.0526. The number of rotatable bonds is 5. The van der Waals surface area contributed by atoms with Crippen LogP contribution in [0.5, 0.6) is 5.75 Å². The second-order valence-corrected chi connectivity index (χ2v) is 7.58. The molecule has 1 heterocycles. The number of halogens is 1. The first-order chi connectivity index (χ1) is 13.7. The SMILES string of the molecule is O=C(CN1C(=O)/C(=C/c2ccc(F)cc2)SC1=S)Nc1ccc(C(=O)O)c(O)c1. The molecule has 7 nitrogen and oxygen atoms in total. The summed E-state index contributed by atoms with van der Waals surface area (Å²) >= 11 is 6.19. The lowest BCUT2D eigenvalue weighted by Crippen LogP contribution is -2.36. The van der Waals surface area contributed by atoms with Crippen LogP contribution in [0.2, 0.25) is 0 Å². The number of nitrogens with zero attached hydrogens (tertiary/aromatic N) is 1. The number of nitrogens with one attached hydrogen (secondary N) is 1. The van der Waals surface area contributed by atoms with E-state index in [-0.39, 0.29) is 22.1 Å². The number of hydrogen-bond donors (Lipinski definition) is 3. The molecule has 0 spiro atoms. The Balaban J connectivity index is 1.68. The van der Waals surface area contributed by atoms with Crippen molar-refractivity contribution in [1.29, 1.82) is 0 Å². The molecule has 1 saturated heterocycles. The maximum absolute atomic E-state index is 13.0. The van der Waals surface area contributed by atoms with Crippen LogP contribution in [0.3, 0.4) is 0 Å². The number of carbonyl (C=O) groups excluding carboxylic acids is 2. The van der Waals surface area contributed by atoms with Gasteiger partial charge in [0.1, 0.15) is 28.0 Å². The highest BCUT2D eigenvalue weighted by molar-refractivity contribution is 8.26. The molecular weight excluding hydrogens is 419 g/mol. The van der Waals surface area contributed by atoms with Gasteiger partial charge in [0.05, 0.1) is 4.91 Å². The molecule has 2 aromatic carbocycles. The molecule has 1 aliphatic rings. The van der Waals surface area contributed by atoms with E-state index in [1.807, 2.05) is 0 Å². The van der Waals surface area contributed by atoms with Crippen LogP contribution >= 0.6 is 24.0 Å². The van der Waals surface area contributed by atoms with Gasteiger partial charge in [0.15, 0.2) is 0 Å². The molecule has 0 unspecified atom stereocenters. The Morgan fingerprint density at radius 3 is 2.52 bits per heavy atom. The molecule has 1 aliphatic heterocycles. The van der Waals surface area contributed by atoms with Crippen LogP contribution in [-0.2, 0) is 9.59 Å². The van der Waals surface area contributed by atoms with E-state index < -0.39 is 29.4 Å². The zero-order chi connectivity index (χ0) is 21.1. The molecule has 2 aromatic rings. The summed E-state index contributed by atoms with van der Waals surface area (Å²) in [5.74, 6) is -3.22. The van der Waals surface area contributed by atoms with Gasteiger partial charge in [-0.2, -0.15) is 0 Å². The summed E-state index contributed by atoms with van der Waals surface area (Å²) in [6, 6.07) is 9.14. The molecule has 3 N–H and O–H groups in total. The minimum atomic E-state index is -1.30. The van der Waals surface area contributed by atoms with Crippen molar-refractivity contribution in [2.45, 2.75) is 0 Å². The van der Waals surface area contributed by atoms with Crippen molar-refractivity contribution < 1.29 is 29.0 Å². The minimum Gasteiger partial charge on any atom is -0.507 e. The fourth-order valence-corrected chi connectivity index (χ4v) is 3.74. The maximum atomic E-state index is 13.0. The van der Waals surface area contributed by atoms with Gasteiger partial charge in [0.25, 0.3) is 5.91 Å². The third-order valence-electron chi connectivity index (χ3n) is 3.85. The van der Waals surface area contributed by atoms with Crippen molar-refractivity contribution >= 4 is 57.8 Å². The molecule has 1 fully saturated rings. The number of benzene rings is 2. The number of thioether (sulfide) groups is 1. The molecule has 2 amide bonds. The molecule has 0 atom stereocenters. The van der Waals surface area contributed by atoms with Crippen molar-refractivity contribution in [3.8, 4) is 5.75 Å². The van der Waals surface area contributed by atoms with Crippen LogP contribution in [0.15, 0.2) is 47.4 Å². The average Bonchev–Trinajstić information content (AvgIpc) is 2.90. The van der Waals surface area contributed by atoms with Crippen LogP contribution in [-0.4, -0.2) is 43.8 Å². The van der Waals surface area contributed by atoms with Gasteiger partial charge in [-0.05, 0) is 35.9 Å². The van der Waals surface area contributed by atoms with E-state index in [2.05, 4.69) is 5.32 Å². The van der Waals surface area contributed by atoms with Crippen LogP contribution in [0.1, 0.15) is 15.9 Å². The van der Waals surface area contributed by atoms with Crippen LogP contribution in [0.4, 0.5) is 10.1 Å². The molecule has 29 heavy (non-hydrogen) atoms. The van der Waals surface area contributed by atoms with Crippen LogP contribution < -0.4 is 5.32 Å². The Morgan fingerprint density at radius 2 is 1.90 bits per heavy atom. The Bertz CT molecular complexity index is 1050. The summed E-state index contributed by atoms with van der Waals surface area (Å²) in [5.41, 5.74) is 0.487. The third kappa shape index (κ3) is 4.79. The maximum Gasteiger partial charge on any atom is 0.339 e. The summed E-state index contributed by atoms with van der Waals surface area (Å²) < 4.78 is 13.2. The number of carbonyl (C=O) groups is 3. The predicted octanol–water partition coefficient (Wildman–Crippen LogP) is 3.07. The van der Waals surface area contributed by atoms with E-state index in [4.69, 9.17) is 17.3 Å². The van der Waals surface area contributed by atoms with Crippen molar-refractivity contribution in [3.05, 3.63) is 64.3 Å². The van der Waals surface area contributed by atoms with Crippen molar-refractivity contribution in [2.75, 3.05) is 11.9 Å². The summed E-state index contributed by atoms with van der Waals surface area (Å²) in [5, 5.41) is 21.1. The van der Waals surface area contributed by atoms with Gasteiger partial charge in [-0.25, -0.2) is 9.18 Å². The Labute approximate surface area is 173 Å². The molecule has 0 radical (unpaired) electrons. The monoisotopic (exact) mass is 432 g/mol. The van der Waals surface area contributed by atoms with Crippen molar-refractivity contribution in [2.24, 2.45) is 0 Å². The standard InChI is InChI=1S/C19H13FN2O5S2/c20-11-3-1-10(2-4-11)7-15-17(25)22(19(28)29-15)9-16(24)21-12-5-6-13(18(26)27)14(23)8-12/h1-8,23H,9H2,(H,21,24)(H,26,27)/b15-7-. The molecular formula is C19H13FN2O5S2. The van der Waals surface area contributed by atoms with E-state index in [1.165, 1.54) is 30.3 Å². The number of aromatic hydroxyl groups is 1. The first-order valence-corrected chi connectivity index (χ1v) is 9.34. The quantitative estimate of drug-likeness (QED) is 0.492. The molecule has 3 rings (SSSR count).